The minimum Gasteiger partial charge on any atom is -0.497 e. The maximum atomic E-state index is 5.26. The summed E-state index contributed by atoms with van der Waals surface area (Å²) >= 11 is 0. The summed E-state index contributed by atoms with van der Waals surface area (Å²) in [5, 5.41) is 6.96. The molecule has 1 saturated carbocycles. The molecule has 19 heavy (non-hydrogen) atoms. The Labute approximate surface area is 115 Å². The molecule has 1 aliphatic carbocycles. The van der Waals surface area contributed by atoms with E-state index in [1.54, 1.807) is 14.2 Å². The monoisotopic (exact) mass is 264 g/mol. The Morgan fingerprint density at radius 2 is 1.74 bits per heavy atom. The first-order chi connectivity index (χ1) is 9.31. The number of benzene rings is 1. The Bertz CT molecular complexity index is 369. The molecule has 0 aliphatic heterocycles. The topological polar surface area (TPSA) is 42.5 Å². The number of methoxy groups -OCH3 is 2. The van der Waals surface area contributed by atoms with E-state index in [-0.39, 0.29) is 0 Å². The zero-order chi connectivity index (χ0) is 13.5. The summed E-state index contributed by atoms with van der Waals surface area (Å²) in [7, 11) is 3.35. The maximum absolute atomic E-state index is 5.26. The normalized spacial score (nSPS) is 14.4. The van der Waals surface area contributed by atoms with Crippen molar-refractivity contribution >= 4 is 0 Å². The van der Waals surface area contributed by atoms with Crippen molar-refractivity contribution in [2.24, 2.45) is 0 Å². The largest absolute Gasteiger partial charge is 0.497 e. The van der Waals surface area contributed by atoms with Crippen molar-refractivity contribution in [3.05, 3.63) is 23.8 Å². The highest BCUT2D eigenvalue weighted by Crippen LogP contribution is 2.22. The molecular weight excluding hydrogens is 240 g/mol. The Balaban J connectivity index is 1.68. The van der Waals surface area contributed by atoms with Gasteiger partial charge in [0, 0.05) is 18.7 Å². The van der Waals surface area contributed by atoms with Gasteiger partial charge in [0.25, 0.3) is 0 Å². The number of nitrogens with one attached hydrogen (secondary N) is 2. The van der Waals surface area contributed by atoms with E-state index < -0.39 is 0 Å². The van der Waals surface area contributed by atoms with Crippen LogP contribution in [-0.2, 0) is 6.54 Å². The molecule has 1 aromatic rings. The average molecular weight is 264 g/mol. The Morgan fingerprint density at radius 1 is 1.05 bits per heavy atom. The van der Waals surface area contributed by atoms with Crippen molar-refractivity contribution in [1.29, 1.82) is 0 Å². The summed E-state index contributed by atoms with van der Waals surface area (Å²) in [5.41, 5.74) is 1.19. The van der Waals surface area contributed by atoms with Crippen LogP contribution in [0, 0.1) is 0 Å². The lowest BCUT2D eigenvalue weighted by Crippen LogP contribution is -2.23. The fourth-order valence-electron chi connectivity index (χ4n) is 2.01. The van der Waals surface area contributed by atoms with E-state index in [0.717, 1.165) is 43.6 Å². The average Bonchev–Trinajstić information content (AvgIpc) is 3.26. The maximum Gasteiger partial charge on any atom is 0.122 e. The van der Waals surface area contributed by atoms with E-state index in [0.29, 0.717) is 0 Å². The summed E-state index contributed by atoms with van der Waals surface area (Å²) in [4.78, 5) is 0. The molecule has 0 spiro atoms. The molecule has 0 atom stereocenters. The molecule has 1 fully saturated rings. The van der Waals surface area contributed by atoms with E-state index in [1.165, 1.54) is 18.4 Å². The Hall–Kier alpha value is -1.26. The number of rotatable bonds is 9. The van der Waals surface area contributed by atoms with Gasteiger partial charge in [0.05, 0.1) is 14.2 Å². The van der Waals surface area contributed by atoms with Gasteiger partial charge in [-0.3, -0.25) is 0 Å². The van der Waals surface area contributed by atoms with Crippen LogP contribution in [0.5, 0.6) is 11.5 Å². The molecule has 2 N–H and O–H groups in total. The highest BCUT2D eigenvalue weighted by Gasteiger charge is 2.19. The highest BCUT2D eigenvalue weighted by atomic mass is 16.5. The first-order valence-electron chi connectivity index (χ1n) is 6.98. The Morgan fingerprint density at radius 3 is 2.32 bits per heavy atom. The van der Waals surface area contributed by atoms with Gasteiger partial charge in [0.15, 0.2) is 0 Å². The van der Waals surface area contributed by atoms with Crippen molar-refractivity contribution in [2.75, 3.05) is 27.3 Å². The molecule has 0 radical (unpaired) electrons. The lowest BCUT2D eigenvalue weighted by molar-refractivity contribution is 0.393. The van der Waals surface area contributed by atoms with Crippen LogP contribution >= 0.6 is 0 Å². The van der Waals surface area contributed by atoms with Gasteiger partial charge in [-0.1, -0.05) is 0 Å². The molecule has 4 nitrogen and oxygen atoms in total. The van der Waals surface area contributed by atoms with Crippen LogP contribution in [0.25, 0.3) is 0 Å². The Kier molecular flexibility index (Phi) is 5.48. The standard InChI is InChI=1S/C15H24N2O2/c1-18-14-8-12(9-15(10-14)19-2)11-16-6-3-7-17-13-4-5-13/h8-10,13,16-17H,3-7,11H2,1-2H3. The van der Waals surface area contributed by atoms with Gasteiger partial charge in [0.2, 0.25) is 0 Å². The SMILES string of the molecule is COc1cc(CNCCCNC2CC2)cc(OC)c1. The number of hydrogen-bond acceptors (Lipinski definition) is 4. The third-order valence-corrected chi connectivity index (χ3v) is 3.28. The van der Waals surface area contributed by atoms with Crippen LogP contribution in [0.2, 0.25) is 0 Å². The summed E-state index contributed by atoms with van der Waals surface area (Å²) < 4.78 is 10.5. The van der Waals surface area contributed by atoms with Crippen molar-refractivity contribution in [3.8, 4) is 11.5 Å². The van der Waals surface area contributed by atoms with Crippen molar-refractivity contribution in [2.45, 2.75) is 31.8 Å². The lowest BCUT2D eigenvalue weighted by Gasteiger charge is -2.09. The molecule has 0 unspecified atom stereocenters. The van der Waals surface area contributed by atoms with E-state index >= 15 is 0 Å². The van der Waals surface area contributed by atoms with Crippen molar-refractivity contribution < 1.29 is 9.47 Å². The first kappa shape index (κ1) is 14.2. The molecule has 0 aromatic heterocycles. The molecule has 106 valence electrons. The van der Waals surface area contributed by atoms with Crippen LogP contribution in [-0.4, -0.2) is 33.4 Å². The minimum absolute atomic E-state index is 0.808. The van der Waals surface area contributed by atoms with Crippen LogP contribution in [0.1, 0.15) is 24.8 Å². The predicted molar refractivity (Wildman–Crippen MR) is 76.9 cm³/mol. The molecular formula is C15H24N2O2. The third kappa shape index (κ3) is 5.09. The van der Waals surface area contributed by atoms with E-state index in [9.17, 15) is 0 Å². The van der Waals surface area contributed by atoms with E-state index in [4.69, 9.17) is 9.47 Å². The molecule has 0 saturated heterocycles. The second kappa shape index (κ2) is 7.36. The first-order valence-corrected chi connectivity index (χ1v) is 6.98. The second-order valence-corrected chi connectivity index (χ2v) is 4.98. The van der Waals surface area contributed by atoms with Crippen LogP contribution in [0.3, 0.4) is 0 Å². The van der Waals surface area contributed by atoms with Gasteiger partial charge >= 0.3 is 0 Å². The predicted octanol–water partition coefficient (Wildman–Crippen LogP) is 1.94. The number of hydrogen-bond donors (Lipinski definition) is 2. The van der Waals surface area contributed by atoms with Crippen LogP contribution < -0.4 is 20.1 Å². The molecule has 1 aromatic carbocycles. The summed E-state index contributed by atoms with van der Waals surface area (Å²) in [6, 6.07) is 6.78. The molecule has 0 bridgehead atoms. The zero-order valence-corrected chi connectivity index (χ0v) is 11.9. The third-order valence-electron chi connectivity index (χ3n) is 3.28. The molecule has 0 heterocycles. The lowest BCUT2D eigenvalue weighted by atomic mass is 10.2. The molecule has 2 rings (SSSR count). The molecule has 1 aliphatic rings. The van der Waals surface area contributed by atoms with E-state index in [1.807, 2.05) is 18.2 Å². The van der Waals surface area contributed by atoms with Gasteiger partial charge in [-0.05, 0) is 50.0 Å². The van der Waals surface area contributed by atoms with Crippen LogP contribution in [0.15, 0.2) is 18.2 Å². The quantitative estimate of drug-likeness (QED) is 0.669. The van der Waals surface area contributed by atoms with Gasteiger partial charge < -0.3 is 20.1 Å². The van der Waals surface area contributed by atoms with Gasteiger partial charge in [-0.25, -0.2) is 0 Å². The second-order valence-electron chi connectivity index (χ2n) is 4.98. The van der Waals surface area contributed by atoms with Gasteiger partial charge in [-0.2, -0.15) is 0 Å². The fraction of sp³-hybridized carbons (Fsp3) is 0.600. The van der Waals surface area contributed by atoms with Crippen molar-refractivity contribution in [3.63, 3.8) is 0 Å². The van der Waals surface area contributed by atoms with Gasteiger partial charge in [-0.15, -0.1) is 0 Å². The van der Waals surface area contributed by atoms with E-state index in [2.05, 4.69) is 10.6 Å². The summed E-state index contributed by atoms with van der Waals surface area (Å²) in [6.07, 6.45) is 3.88. The zero-order valence-electron chi connectivity index (χ0n) is 11.9. The highest BCUT2D eigenvalue weighted by molar-refractivity contribution is 5.38. The fourth-order valence-corrected chi connectivity index (χ4v) is 2.01. The summed E-state index contributed by atoms with van der Waals surface area (Å²) in [5.74, 6) is 1.68. The smallest absolute Gasteiger partial charge is 0.122 e. The minimum atomic E-state index is 0.808. The van der Waals surface area contributed by atoms with Crippen molar-refractivity contribution in [1.82, 2.24) is 10.6 Å². The van der Waals surface area contributed by atoms with Gasteiger partial charge in [0.1, 0.15) is 11.5 Å². The van der Waals surface area contributed by atoms with Crippen LogP contribution in [0.4, 0.5) is 0 Å². The molecule has 4 heteroatoms. The number of ether oxygens (including phenoxy) is 2. The summed E-state index contributed by atoms with van der Waals surface area (Å²) in [6.45, 7) is 2.98. The molecule has 0 amide bonds.